The van der Waals surface area contributed by atoms with E-state index < -0.39 is 23.9 Å². The van der Waals surface area contributed by atoms with Gasteiger partial charge in [-0.2, -0.15) is 0 Å². The topological polar surface area (TPSA) is 80.9 Å². The van der Waals surface area contributed by atoms with Crippen molar-refractivity contribution in [3.05, 3.63) is 35.5 Å². The number of allylic oxidation sites excluding steroid dienone is 3. The van der Waals surface area contributed by atoms with E-state index in [-0.39, 0.29) is 17.3 Å². The van der Waals surface area contributed by atoms with Gasteiger partial charge in [0, 0.05) is 6.42 Å². The molecule has 3 saturated carbocycles. The molecule has 8 atom stereocenters. The summed E-state index contributed by atoms with van der Waals surface area (Å²) >= 11 is 0. The van der Waals surface area contributed by atoms with Crippen LogP contribution in [0.4, 0.5) is 0 Å². The van der Waals surface area contributed by atoms with Gasteiger partial charge in [0.15, 0.2) is 0 Å². The van der Waals surface area contributed by atoms with Crippen LogP contribution in [0.25, 0.3) is 0 Å². The average Bonchev–Trinajstić information content (AvgIpc) is 3.05. The lowest BCUT2D eigenvalue weighted by Crippen LogP contribution is -2.41. The molecular formula is C28H46O4. The molecule has 0 heterocycles. The molecule has 0 bridgehead atoms. The average molecular weight is 447 g/mol. The van der Waals surface area contributed by atoms with Crippen LogP contribution in [0.3, 0.4) is 0 Å². The first kappa shape index (κ1) is 25.7. The molecule has 0 saturated heterocycles. The Hall–Kier alpha value is -0.940. The molecule has 0 unspecified atom stereocenters. The minimum atomic E-state index is -0.776. The van der Waals surface area contributed by atoms with Gasteiger partial charge in [-0.3, -0.25) is 0 Å². The van der Waals surface area contributed by atoms with Gasteiger partial charge in [-0.1, -0.05) is 45.1 Å². The Morgan fingerprint density at radius 3 is 2.53 bits per heavy atom. The van der Waals surface area contributed by atoms with Crippen LogP contribution in [0.2, 0.25) is 0 Å². The van der Waals surface area contributed by atoms with Gasteiger partial charge in [0.2, 0.25) is 0 Å². The molecule has 0 aromatic heterocycles. The Morgan fingerprint density at radius 1 is 1.19 bits per heavy atom. The third-order valence-corrected chi connectivity index (χ3v) is 9.34. The lowest BCUT2D eigenvalue weighted by atomic mass is 9.60. The molecule has 3 aliphatic rings. The highest BCUT2D eigenvalue weighted by Crippen LogP contribution is 2.60. The summed E-state index contributed by atoms with van der Waals surface area (Å²) in [5.74, 6) is 1.25. The fourth-order valence-electron chi connectivity index (χ4n) is 6.74. The first-order chi connectivity index (χ1) is 14.8. The highest BCUT2D eigenvalue weighted by molar-refractivity contribution is 5.38. The van der Waals surface area contributed by atoms with Gasteiger partial charge in [0.25, 0.3) is 0 Å². The van der Waals surface area contributed by atoms with Crippen LogP contribution in [0.15, 0.2) is 35.5 Å². The minimum absolute atomic E-state index is 0.0488. The van der Waals surface area contributed by atoms with E-state index >= 15 is 0 Å². The standard InChI is InChI=1S/C28H46O4/c1-17(27(4,5)32)14-25(30)19(3)23-11-12-24-20(8-7-13-28(23,24)6)9-10-21-15-22(29)16-26(31)18(21)2/h9-10,17,19,22-26,29-32H,2,7-8,11-16H2,1,3-6H3/b20-9+,21-10-/t17-,19-,22+,23+,24-,25-,26-,28+/m0/s1. The van der Waals surface area contributed by atoms with Crippen molar-refractivity contribution < 1.29 is 20.4 Å². The molecule has 0 amide bonds. The Labute approximate surface area is 195 Å². The summed E-state index contributed by atoms with van der Waals surface area (Å²) in [6.07, 6.45) is 10.1. The predicted molar refractivity (Wildman–Crippen MR) is 130 cm³/mol. The van der Waals surface area contributed by atoms with E-state index in [1.165, 1.54) is 12.0 Å². The van der Waals surface area contributed by atoms with Crippen LogP contribution < -0.4 is 0 Å². The van der Waals surface area contributed by atoms with E-state index in [1.54, 1.807) is 0 Å². The van der Waals surface area contributed by atoms with Crippen molar-refractivity contribution in [2.24, 2.45) is 29.1 Å². The van der Waals surface area contributed by atoms with Crippen molar-refractivity contribution >= 4 is 0 Å². The van der Waals surface area contributed by atoms with Crippen LogP contribution in [-0.2, 0) is 0 Å². The second-order valence-electron chi connectivity index (χ2n) is 11.9. The molecule has 182 valence electrons. The third kappa shape index (κ3) is 5.24. The Bertz CT molecular complexity index is 745. The fraction of sp³-hybridized carbons (Fsp3) is 0.786. The summed E-state index contributed by atoms with van der Waals surface area (Å²) in [6.45, 7) is 14.3. The van der Waals surface area contributed by atoms with Gasteiger partial charge in [-0.05, 0) is 99.0 Å². The van der Waals surface area contributed by atoms with Gasteiger partial charge in [-0.25, -0.2) is 0 Å². The van der Waals surface area contributed by atoms with Crippen molar-refractivity contribution in [1.29, 1.82) is 0 Å². The van der Waals surface area contributed by atoms with E-state index in [0.717, 1.165) is 36.8 Å². The van der Waals surface area contributed by atoms with E-state index in [2.05, 4.69) is 32.6 Å². The number of hydrogen-bond acceptors (Lipinski definition) is 4. The SMILES string of the molecule is C=C1/C(=C\C=C2/CCC[C@]3(C)[C@@H]([C@H](C)[C@@H](O)C[C@H](C)C(C)(C)O)CC[C@@H]23)C[C@@H](O)C[C@@H]1O. The summed E-state index contributed by atoms with van der Waals surface area (Å²) < 4.78 is 0. The summed E-state index contributed by atoms with van der Waals surface area (Å²) in [7, 11) is 0. The lowest BCUT2D eigenvalue weighted by molar-refractivity contribution is -0.0302. The monoisotopic (exact) mass is 446 g/mol. The fourth-order valence-corrected chi connectivity index (χ4v) is 6.74. The Morgan fingerprint density at radius 2 is 1.88 bits per heavy atom. The molecule has 3 rings (SSSR count). The van der Waals surface area contributed by atoms with E-state index in [9.17, 15) is 20.4 Å². The Kier molecular flexibility index (Phi) is 7.81. The summed E-state index contributed by atoms with van der Waals surface area (Å²) in [6, 6.07) is 0. The van der Waals surface area contributed by atoms with Gasteiger partial charge in [0.05, 0.1) is 23.9 Å². The van der Waals surface area contributed by atoms with Gasteiger partial charge in [0.1, 0.15) is 0 Å². The number of rotatable bonds is 6. The van der Waals surface area contributed by atoms with E-state index in [4.69, 9.17) is 0 Å². The van der Waals surface area contributed by atoms with Crippen molar-refractivity contribution in [1.82, 2.24) is 0 Å². The normalized spacial score (nSPS) is 39.2. The maximum atomic E-state index is 11.0. The molecule has 4 heteroatoms. The Balaban J connectivity index is 1.75. The molecule has 0 aromatic rings. The molecular weight excluding hydrogens is 400 g/mol. The quantitative estimate of drug-likeness (QED) is 0.467. The predicted octanol–water partition coefficient (Wildman–Crippen LogP) is 4.92. The smallest absolute Gasteiger partial charge is 0.0811 e. The molecule has 3 fully saturated rings. The number of aliphatic hydroxyl groups is 4. The molecule has 0 radical (unpaired) electrons. The lowest BCUT2D eigenvalue weighted by Gasteiger charge is -2.45. The number of hydrogen-bond donors (Lipinski definition) is 4. The van der Waals surface area contributed by atoms with E-state index in [0.29, 0.717) is 31.1 Å². The van der Waals surface area contributed by atoms with Gasteiger partial charge < -0.3 is 20.4 Å². The second-order valence-corrected chi connectivity index (χ2v) is 11.9. The zero-order valence-electron chi connectivity index (χ0n) is 20.8. The van der Waals surface area contributed by atoms with Crippen LogP contribution in [-0.4, -0.2) is 44.3 Å². The third-order valence-electron chi connectivity index (χ3n) is 9.34. The first-order valence-corrected chi connectivity index (χ1v) is 12.7. The van der Waals surface area contributed by atoms with Crippen molar-refractivity contribution in [2.45, 2.75) is 110 Å². The van der Waals surface area contributed by atoms with Gasteiger partial charge >= 0.3 is 0 Å². The molecule has 3 aliphatic carbocycles. The van der Waals surface area contributed by atoms with Crippen LogP contribution in [0, 0.1) is 29.1 Å². The van der Waals surface area contributed by atoms with E-state index in [1.807, 2.05) is 20.8 Å². The largest absolute Gasteiger partial charge is 0.393 e. The molecule has 0 aromatic carbocycles. The summed E-state index contributed by atoms with van der Waals surface area (Å²) in [5, 5.41) is 41.6. The minimum Gasteiger partial charge on any atom is -0.393 e. The van der Waals surface area contributed by atoms with Crippen molar-refractivity contribution in [3.63, 3.8) is 0 Å². The first-order valence-electron chi connectivity index (χ1n) is 12.7. The molecule has 4 nitrogen and oxygen atoms in total. The van der Waals surface area contributed by atoms with Crippen molar-refractivity contribution in [2.75, 3.05) is 0 Å². The second kappa shape index (κ2) is 9.74. The summed E-state index contributed by atoms with van der Waals surface area (Å²) in [4.78, 5) is 0. The molecule has 32 heavy (non-hydrogen) atoms. The molecule has 4 N–H and O–H groups in total. The highest BCUT2D eigenvalue weighted by Gasteiger charge is 2.51. The van der Waals surface area contributed by atoms with Crippen LogP contribution in [0.5, 0.6) is 0 Å². The summed E-state index contributed by atoms with van der Waals surface area (Å²) in [5.41, 5.74) is 2.59. The van der Waals surface area contributed by atoms with Crippen molar-refractivity contribution in [3.8, 4) is 0 Å². The molecule has 0 spiro atoms. The van der Waals surface area contributed by atoms with Gasteiger partial charge in [-0.15, -0.1) is 0 Å². The maximum absolute atomic E-state index is 11.0. The zero-order valence-corrected chi connectivity index (χ0v) is 20.8. The number of aliphatic hydroxyl groups excluding tert-OH is 3. The highest BCUT2D eigenvalue weighted by atomic mass is 16.3. The van der Waals surface area contributed by atoms with Crippen LogP contribution in [0.1, 0.15) is 86.0 Å². The number of fused-ring (bicyclic) bond motifs is 1. The zero-order chi connectivity index (χ0) is 23.8. The molecule has 0 aliphatic heterocycles. The van der Waals surface area contributed by atoms with Crippen LogP contribution >= 0.6 is 0 Å². The maximum Gasteiger partial charge on any atom is 0.0811 e.